The number of ether oxygens (including phenoxy) is 6. The lowest BCUT2D eigenvalue weighted by Gasteiger charge is -2.41. The minimum absolute atomic E-state index is 0.00126. The predicted molar refractivity (Wildman–Crippen MR) is 268 cm³/mol. The molecule has 2 saturated heterocycles. The summed E-state index contributed by atoms with van der Waals surface area (Å²) in [5, 5.41) is 62.3. The summed E-state index contributed by atoms with van der Waals surface area (Å²) in [7, 11) is 0. The van der Waals surface area contributed by atoms with Crippen LogP contribution in [0.5, 0.6) is 11.5 Å². The van der Waals surface area contributed by atoms with Gasteiger partial charge in [0.2, 0.25) is 18.1 Å². The lowest BCUT2D eigenvalue weighted by atomic mass is 9.99. The molecule has 2 aromatic heterocycles. The summed E-state index contributed by atoms with van der Waals surface area (Å²) >= 11 is 0. The Kier molecular flexibility index (Phi) is 17.4. The third kappa shape index (κ3) is 13.1. The maximum Gasteiger partial charge on any atom is 0.335 e. The maximum atomic E-state index is 13.5. The molecule has 0 saturated carbocycles. The third-order valence-corrected chi connectivity index (χ3v) is 13.8. The highest BCUT2D eigenvalue weighted by molar-refractivity contribution is 6.25. The van der Waals surface area contributed by atoms with Gasteiger partial charge in [-0.25, -0.2) is 9.78 Å². The van der Waals surface area contributed by atoms with Crippen LogP contribution in [0.15, 0.2) is 78.1 Å². The van der Waals surface area contributed by atoms with Crippen LogP contribution in [-0.4, -0.2) is 194 Å². The van der Waals surface area contributed by atoms with Crippen LogP contribution < -0.4 is 20.1 Å². The molecule has 9 rings (SSSR count). The van der Waals surface area contributed by atoms with E-state index in [9.17, 15) is 44.4 Å². The molecule has 24 nitrogen and oxygen atoms in total. The van der Waals surface area contributed by atoms with Gasteiger partial charge in [-0.1, -0.05) is 12.1 Å². The number of aliphatic hydroxyl groups is 3. The van der Waals surface area contributed by atoms with E-state index in [1.807, 2.05) is 42.5 Å². The average Bonchev–Trinajstić information content (AvgIpc) is 3.68. The van der Waals surface area contributed by atoms with Gasteiger partial charge in [-0.3, -0.25) is 34.3 Å². The molecule has 24 heteroatoms. The first kappa shape index (κ1) is 53.7. The van der Waals surface area contributed by atoms with Gasteiger partial charge in [-0.05, 0) is 67.8 Å². The smallest absolute Gasteiger partial charge is 0.335 e. The lowest BCUT2D eigenvalue weighted by molar-refractivity contribution is -0.945. The van der Waals surface area contributed by atoms with E-state index >= 15 is 0 Å². The molecule has 404 valence electrons. The number of carboxylic acid groups (broad SMARTS) is 1. The maximum absolute atomic E-state index is 13.5. The number of aromatic nitrogens is 5. The fraction of sp³-hybridized carbons (Fsp3) is 0.462. The van der Waals surface area contributed by atoms with Crippen molar-refractivity contribution in [2.45, 2.75) is 75.8 Å². The zero-order chi connectivity index (χ0) is 53.2. The molecule has 5 atom stereocenters. The van der Waals surface area contributed by atoms with Crippen LogP contribution in [0, 0.1) is 0 Å². The number of nitrogens with one attached hydrogen (secondary N) is 4. The van der Waals surface area contributed by atoms with Gasteiger partial charge in [0, 0.05) is 59.0 Å². The van der Waals surface area contributed by atoms with E-state index in [0.29, 0.717) is 53.3 Å². The fourth-order valence-corrected chi connectivity index (χ4v) is 9.64. The Bertz CT molecular complexity index is 2880. The standard InChI is InChI=1S/C52H61N9O15/c62-41(12-18-71-21-23-73-24-22-72-19-14-60-49(67)35-28-36(35)50(60)68)53-13-11-42(63)56-39-25-31(7-10-40(39)75-52-46(66)44(64)45(65)47(76-52)51(69)70)29-61(15-2-1-3-16-61)17-20-74-34-6-4-5-32(26-34)43-37-27-33(48-54-30-55-59-48)8-9-38(37)57-58-43/h4-10,25-27,30,44-47,52,64-66H,1-3,11-24,28-29H2,(H4-,53,54,55,56,57,58,59,62,63,67,68,69,70)/p+1/t44-,45-,46+,47-,52+/m0/s1. The second kappa shape index (κ2) is 24.7. The number of likely N-dealkylation sites (tertiary alicyclic amines) is 2. The molecule has 0 radical (unpaired) electrons. The van der Waals surface area contributed by atoms with Crippen LogP contribution in [0.1, 0.15) is 44.1 Å². The Morgan fingerprint density at radius 1 is 0.789 bits per heavy atom. The number of aliphatic hydroxyl groups excluding tert-OH is 3. The van der Waals surface area contributed by atoms with Crippen molar-refractivity contribution in [2.24, 2.45) is 0 Å². The highest BCUT2D eigenvalue weighted by Gasteiger charge is 2.49. The van der Waals surface area contributed by atoms with Crippen LogP contribution in [-0.2, 0) is 49.5 Å². The van der Waals surface area contributed by atoms with Crippen molar-refractivity contribution in [1.29, 1.82) is 0 Å². The zero-order valence-electron chi connectivity index (χ0n) is 41.7. The lowest BCUT2D eigenvalue weighted by Crippen LogP contribution is -2.61. The molecule has 0 unspecified atom stereocenters. The highest BCUT2D eigenvalue weighted by atomic mass is 16.7. The second-order valence-electron chi connectivity index (χ2n) is 19.1. The number of amides is 4. The number of hydrogen-bond acceptors (Lipinski definition) is 17. The van der Waals surface area contributed by atoms with Crippen molar-refractivity contribution in [1.82, 2.24) is 35.6 Å². The molecule has 4 aliphatic rings. The van der Waals surface area contributed by atoms with Crippen LogP contribution in [0.25, 0.3) is 33.5 Å². The zero-order valence-corrected chi connectivity index (χ0v) is 41.7. The first-order valence-corrected chi connectivity index (χ1v) is 25.4. The molecule has 1 aliphatic carbocycles. The van der Waals surface area contributed by atoms with Crippen molar-refractivity contribution < 1.29 is 77.3 Å². The van der Waals surface area contributed by atoms with E-state index in [0.717, 1.165) is 65.6 Å². The van der Waals surface area contributed by atoms with Crippen molar-refractivity contribution in [3.63, 3.8) is 0 Å². The summed E-state index contributed by atoms with van der Waals surface area (Å²) in [5.41, 5.74) is 5.60. The van der Waals surface area contributed by atoms with Gasteiger partial charge in [-0.2, -0.15) is 10.2 Å². The number of aromatic amines is 2. The molecular formula is C52H62N9O15+. The molecule has 76 heavy (non-hydrogen) atoms. The molecule has 2 fully saturated rings. The van der Waals surface area contributed by atoms with E-state index in [1.54, 1.807) is 18.2 Å². The molecular weight excluding hydrogens is 991 g/mol. The monoisotopic (exact) mass is 1050 g/mol. The summed E-state index contributed by atoms with van der Waals surface area (Å²) in [6.07, 6.45) is -4.38. The topological polar surface area (TPSA) is 319 Å². The molecule has 5 heterocycles. The van der Waals surface area contributed by atoms with E-state index in [-0.39, 0.29) is 94.7 Å². The van der Waals surface area contributed by atoms with Gasteiger partial charge in [0.25, 0.3) is 11.8 Å². The van der Waals surface area contributed by atoms with Gasteiger partial charge >= 0.3 is 5.97 Å². The average molecular weight is 1050 g/mol. The molecule has 0 bridgehead atoms. The van der Waals surface area contributed by atoms with Crippen LogP contribution >= 0.6 is 0 Å². The van der Waals surface area contributed by atoms with E-state index in [1.165, 1.54) is 11.2 Å². The number of nitrogens with zero attached hydrogens (tertiary/aromatic N) is 5. The molecule has 4 amide bonds. The quantitative estimate of drug-likeness (QED) is 0.0211. The number of carbonyl (C=O) groups excluding carboxylic acids is 4. The highest BCUT2D eigenvalue weighted by Crippen LogP contribution is 2.40. The number of H-pyrrole nitrogens is 2. The number of rotatable bonds is 27. The van der Waals surface area contributed by atoms with Crippen LogP contribution in [0.4, 0.5) is 5.69 Å². The largest absolute Gasteiger partial charge is 0.488 e. The van der Waals surface area contributed by atoms with Crippen molar-refractivity contribution in [3.05, 3.63) is 83.7 Å². The summed E-state index contributed by atoms with van der Waals surface area (Å²) in [6.45, 7) is 4.92. The summed E-state index contributed by atoms with van der Waals surface area (Å²) in [4.78, 5) is 67.4. The Hall–Kier alpha value is -7.16. The molecule has 8 N–H and O–H groups in total. The van der Waals surface area contributed by atoms with E-state index in [4.69, 9.17) is 28.4 Å². The SMILES string of the molecule is O=C(CCOCCOCCOCCN1C(=O)C2=C(C2)C1=O)NCCC(=O)Nc1cc(C[N+]2(CCOc3cccc(-c4n[nH]c5ccc(-c6ncn[nH]6)cc45)c3)CCCCC2)ccc1O[C@@H]1O[C@H](C(=O)O)[C@@H](O)[C@H](O)[C@H]1O. The molecule has 3 aliphatic heterocycles. The number of carbonyl (C=O) groups is 5. The Morgan fingerprint density at radius 2 is 1.55 bits per heavy atom. The van der Waals surface area contributed by atoms with Gasteiger partial charge in [0.15, 0.2) is 11.9 Å². The Labute approximate surface area is 435 Å². The number of imide groups is 1. The van der Waals surface area contributed by atoms with Gasteiger partial charge in [0.05, 0.1) is 70.5 Å². The van der Waals surface area contributed by atoms with Crippen LogP contribution in [0.3, 0.4) is 0 Å². The summed E-state index contributed by atoms with van der Waals surface area (Å²) < 4.78 is 34.9. The number of fused-ring (bicyclic) bond motifs is 1. The van der Waals surface area contributed by atoms with Crippen LogP contribution in [0.2, 0.25) is 0 Å². The fourth-order valence-electron chi connectivity index (χ4n) is 9.64. The number of anilines is 1. The Morgan fingerprint density at radius 3 is 2.30 bits per heavy atom. The Balaban J connectivity index is 0.771. The number of carboxylic acids is 1. The molecule has 5 aromatic rings. The number of benzene rings is 3. The normalized spacial score (nSPS) is 20.9. The second-order valence-corrected chi connectivity index (χ2v) is 19.1. The third-order valence-electron chi connectivity index (χ3n) is 13.8. The minimum atomic E-state index is -1.93. The van der Waals surface area contributed by atoms with Crippen molar-refractivity contribution >= 4 is 46.2 Å². The molecule has 3 aromatic carbocycles. The van der Waals surface area contributed by atoms with E-state index < -0.39 is 42.6 Å². The van der Waals surface area contributed by atoms with Crippen molar-refractivity contribution in [2.75, 3.05) is 84.3 Å². The number of quaternary nitrogens is 1. The predicted octanol–water partition coefficient (Wildman–Crippen LogP) is 1.82. The van der Waals surface area contributed by atoms with Crippen molar-refractivity contribution in [3.8, 4) is 34.1 Å². The number of hydrogen-bond donors (Lipinski definition) is 8. The summed E-state index contributed by atoms with van der Waals surface area (Å²) in [5.74, 6) is -1.53. The van der Waals surface area contributed by atoms with E-state index in [2.05, 4.69) is 36.0 Å². The number of aliphatic carboxylic acids is 1. The molecule has 0 spiro atoms. The van der Waals surface area contributed by atoms with Gasteiger partial charge < -0.3 is 64.0 Å². The van der Waals surface area contributed by atoms with Gasteiger partial charge in [0.1, 0.15) is 61.5 Å². The first-order chi connectivity index (χ1) is 36.9. The minimum Gasteiger partial charge on any atom is -0.488 e. The number of piperidine rings is 2. The first-order valence-electron chi connectivity index (χ1n) is 25.4. The summed E-state index contributed by atoms with van der Waals surface area (Å²) in [6, 6.07) is 18.8. The van der Waals surface area contributed by atoms with Gasteiger partial charge in [-0.15, -0.1) is 0 Å².